The molecule has 5 nitrogen and oxygen atoms in total. The number of anilines is 1. The molecule has 20 heavy (non-hydrogen) atoms. The van der Waals surface area contributed by atoms with Gasteiger partial charge in [0, 0.05) is 23.1 Å². The summed E-state index contributed by atoms with van der Waals surface area (Å²) in [5, 5.41) is 11.7. The minimum absolute atomic E-state index is 0.0261. The molecule has 8 heteroatoms. The van der Waals surface area contributed by atoms with E-state index in [1.54, 1.807) is 0 Å². The predicted molar refractivity (Wildman–Crippen MR) is 75.9 cm³/mol. The van der Waals surface area contributed by atoms with E-state index in [4.69, 9.17) is 16.7 Å². The molecule has 1 saturated heterocycles. The van der Waals surface area contributed by atoms with Gasteiger partial charge in [-0.25, -0.2) is 14.0 Å². The molecule has 2 N–H and O–H groups in total. The number of aliphatic carboxylic acids is 1. The second-order valence-corrected chi connectivity index (χ2v) is 5.76. The van der Waals surface area contributed by atoms with Gasteiger partial charge in [0.2, 0.25) is 0 Å². The highest BCUT2D eigenvalue weighted by Gasteiger charge is 2.32. The Morgan fingerprint density at radius 2 is 2.25 bits per heavy atom. The summed E-state index contributed by atoms with van der Waals surface area (Å²) in [6.45, 7) is 0.308. The van der Waals surface area contributed by atoms with Gasteiger partial charge in [-0.3, -0.25) is 0 Å². The average molecular weight is 319 g/mol. The van der Waals surface area contributed by atoms with E-state index in [1.165, 1.54) is 28.8 Å². The Balaban J connectivity index is 2.12. The van der Waals surface area contributed by atoms with Crippen molar-refractivity contribution in [1.29, 1.82) is 0 Å². The van der Waals surface area contributed by atoms with Gasteiger partial charge in [-0.15, -0.1) is 0 Å². The second-order valence-electron chi connectivity index (χ2n) is 4.18. The molecule has 1 aliphatic heterocycles. The maximum Gasteiger partial charge on any atom is 0.327 e. The van der Waals surface area contributed by atoms with Gasteiger partial charge in [0.15, 0.2) is 0 Å². The van der Waals surface area contributed by atoms with E-state index in [-0.39, 0.29) is 10.7 Å². The smallest absolute Gasteiger partial charge is 0.327 e. The number of nitrogens with one attached hydrogen (secondary N) is 1. The molecule has 1 aromatic carbocycles. The molecule has 1 unspecified atom stereocenters. The van der Waals surface area contributed by atoms with Crippen molar-refractivity contribution in [3.05, 3.63) is 29.0 Å². The van der Waals surface area contributed by atoms with E-state index in [0.29, 0.717) is 18.1 Å². The van der Waals surface area contributed by atoms with Crippen LogP contribution in [-0.2, 0) is 4.79 Å². The highest BCUT2D eigenvalue weighted by molar-refractivity contribution is 7.99. The number of carboxylic acids is 1. The van der Waals surface area contributed by atoms with Crippen LogP contribution in [0.5, 0.6) is 0 Å². The third kappa shape index (κ3) is 3.34. The van der Waals surface area contributed by atoms with Gasteiger partial charge in [0.1, 0.15) is 11.9 Å². The lowest BCUT2D eigenvalue weighted by molar-refractivity contribution is -0.141. The maximum atomic E-state index is 13.6. The molecule has 2 amide bonds. The predicted octanol–water partition coefficient (Wildman–Crippen LogP) is 2.51. The molecule has 0 bridgehead atoms. The molecular weight excluding hydrogens is 307 g/mol. The number of urea groups is 1. The van der Waals surface area contributed by atoms with E-state index in [9.17, 15) is 14.0 Å². The fourth-order valence-corrected chi connectivity index (χ4v) is 3.03. The van der Waals surface area contributed by atoms with Crippen molar-refractivity contribution >= 4 is 41.1 Å². The van der Waals surface area contributed by atoms with Crippen LogP contribution < -0.4 is 5.32 Å². The topological polar surface area (TPSA) is 69.6 Å². The average Bonchev–Trinajstić information content (AvgIpc) is 2.41. The number of benzene rings is 1. The maximum absolute atomic E-state index is 13.6. The molecule has 0 radical (unpaired) electrons. The second kappa shape index (κ2) is 6.32. The molecular formula is C12H12ClFN2O3S. The molecule has 108 valence electrons. The van der Waals surface area contributed by atoms with Gasteiger partial charge in [-0.2, -0.15) is 11.8 Å². The van der Waals surface area contributed by atoms with E-state index in [1.807, 2.05) is 0 Å². The number of amides is 2. The Bertz CT molecular complexity index is 543. The third-order valence-electron chi connectivity index (χ3n) is 2.85. The third-order valence-corrected chi connectivity index (χ3v) is 4.10. The monoisotopic (exact) mass is 318 g/mol. The van der Waals surface area contributed by atoms with Crippen LogP contribution >= 0.6 is 23.4 Å². The number of halogens is 2. The van der Waals surface area contributed by atoms with Crippen LogP contribution in [0.1, 0.15) is 0 Å². The zero-order valence-corrected chi connectivity index (χ0v) is 11.9. The standard InChI is InChI=1S/C12H12ClFN2O3S/c13-7-1-2-9(8(14)5-7)15-12(19)16-3-4-20-6-10(16)11(17)18/h1-2,5,10H,3-4,6H2,(H,15,19)(H,17,18). The first-order valence-electron chi connectivity index (χ1n) is 5.82. The van der Waals surface area contributed by atoms with Gasteiger partial charge < -0.3 is 15.3 Å². The van der Waals surface area contributed by atoms with Crippen molar-refractivity contribution in [1.82, 2.24) is 4.90 Å². The summed E-state index contributed by atoms with van der Waals surface area (Å²) in [5.41, 5.74) is -0.0261. The molecule has 0 aliphatic carbocycles. The van der Waals surface area contributed by atoms with E-state index < -0.39 is 23.9 Å². The van der Waals surface area contributed by atoms with Crippen molar-refractivity contribution in [2.75, 3.05) is 23.4 Å². The van der Waals surface area contributed by atoms with E-state index in [2.05, 4.69) is 5.32 Å². The van der Waals surface area contributed by atoms with Gasteiger partial charge in [0.05, 0.1) is 5.69 Å². The SMILES string of the molecule is O=C(O)C1CSCCN1C(=O)Nc1ccc(Cl)cc1F. The lowest BCUT2D eigenvalue weighted by atomic mass is 10.2. The lowest BCUT2D eigenvalue weighted by Gasteiger charge is -2.32. The molecule has 1 atom stereocenters. The van der Waals surface area contributed by atoms with Gasteiger partial charge in [-0.1, -0.05) is 11.6 Å². The molecule has 0 saturated carbocycles. The van der Waals surface area contributed by atoms with Crippen molar-refractivity contribution < 1.29 is 19.1 Å². The summed E-state index contributed by atoms with van der Waals surface area (Å²) in [5.74, 6) is -0.750. The first-order chi connectivity index (χ1) is 9.49. The first-order valence-corrected chi connectivity index (χ1v) is 7.35. The number of carboxylic acid groups (broad SMARTS) is 1. The summed E-state index contributed by atoms with van der Waals surface area (Å²) in [7, 11) is 0. The van der Waals surface area contributed by atoms with Crippen LogP contribution in [-0.4, -0.2) is 46.1 Å². The highest BCUT2D eigenvalue weighted by Crippen LogP contribution is 2.21. The van der Waals surface area contributed by atoms with E-state index >= 15 is 0 Å². The van der Waals surface area contributed by atoms with Crippen LogP contribution in [0, 0.1) is 5.82 Å². The van der Waals surface area contributed by atoms with Crippen LogP contribution in [0.2, 0.25) is 5.02 Å². The minimum atomic E-state index is -1.07. The van der Waals surface area contributed by atoms with Crippen LogP contribution in [0.15, 0.2) is 18.2 Å². The van der Waals surface area contributed by atoms with Crippen molar-refractivity contribution in [3.8, 4) is 0 Å². The summed E-state index contributed by atoms with van der Waals surface area (Å²) >= 11 is 7.09. The Labute approximate surface area is 124 Å². The number of hydrogen-bond acceptors (Lipinski definition) is 3. The fourth-order valence-electron chi connectivity index (χ4n) is 1.83. The van der Waals surface area contributed by atoms with Crippen LogP contribution in [0.4, 0.5) is 14.9 Å². The van der Waals surface area contributed by atoms with Gasteiger partial charge >= 0.3 is 12.0 Å². The zero-order valence-electron chi connectivity index (χ0n) is 10.3. The number of hydrogen-bond donors (Lipinski definition) is 2. The quantitative estimate of drug-likeness (QED) is 0.879. The highest BCUT2D eigenvalue weighted by atomic mass is 35.5. The number of nitrogens with zero attached hydrogens (tertiary/aromatic N) is 1. The summed E-state index contributed by atoms with van der Waals surface area (Å²) in [4.78, 5) is 24.4. The number of carbonyl (C=O) groups excluding carboxylic acids is 1. The Kier molecular flexibility index (Phi) is 4.72. The van der Waals surface area contributed by atoms with Gasteiger partial charge in [0.25, 0.3) is 0 Å². The summed E-state index contributed by atoms with van der Waals surface area (Å²) < 4.78 is 13.6. The van der Waals surface area contributed by atoms with Crippen LogP contribution in [0.25, 0.3) is 0 Å². The minimum Gasteiger partial charge on any atom is -0.480 e. The molecule has 0 aromatic heterocycles. The van der Waals surface area contributed by atoms with Crippen molar-refractivity contribution in [2.24, 2.45) is 0 Å². The molecule has 0 spiro atoms. The number of rotatable bonds is 2. The largest absolute Gasteiger partial charge is 0.480 e. The summed E-state index contributed by atoms with van der Waals surface area (Å²) in [6, 6.07) is 2.34. The number of carbonyl (C=O) groups is 2. The molecule has 1 aliphatic rings. The normalized spacial score (nSPS) is 18.7. The van der Waals surface area contributed by atoms with E-state index in [0.717, 1.165) is 6.07 Å². The number of thioether (sulfide) groups is 1. The fraction of sp³-hybridized carbons (Fsp3) is 0.333. The molecule has 2 rings (SSSR count). The Hall–Kier alpha value is -1.47. The lowest BCUT2D eigenvalue weighted by Crippen LogP contribution is -2.51. The first kappa shape index (κ1) is 14.9. The zero-order chi connectivity index (χ0) is 14.7. The van der Waals surface area contributed by atoms with Crippen LogP contribution in [0.3, 0.4) is 0 Å². The Morgan fingerprint density at radius 1 is 1.50 bits per heavy atom. The molecule has 1 aromatic rings. The molecule has 1 heterocycles. The Morgan fingerprint density at radius 3 is 2.90 bits per heavy atom. The van der Waals surface area contributed by atoms with Gasteiger partial charge in [-0.05, 0) is 18.2 Å². The van der Waals surface area contributed by atoms with Crippen molar-refractivity contribution in [3.63, 3.8) is 0 Å². The van der Waals surface area contributed by atoms with Crippen molar-refractivity contribution in [2.45, 2.75) is 6.04 Å². The summed E-state index contributed by atoms with van der Waals surface area (Å²) in [6.07, 6.45) is 0. The molecule has 1 fully saturated rings.